The van der Waals surface area contributed by atoms with E-state index in [4.69, 9.17) is 5.73 Å². The number of carbonyl (C=O) groups is 1. The Morgan fingerprint density at radius 2 is 1.92 bits per heavy atom. The smallest absolute Gasteiger partial charge is 0.224 e. The number of thiazole rings is 1. The maximum atomic E-state index is 12.5. The lowest BCUT2D eigenvalue weighted by Gasteiger charge is -2.23. The van der Waals surface area contributed by atoms with Crippen molar-refractivity contribution >= 4 is 47.2 Å². The van der Waals surface area contributed by atoms with Gasteiger partial charge in [-0.05, 0) is 12.0 Å². The molecule has 0 bridgehead atoms. The SMILES string of the molecule is Cl.Cl.NC(CC(=O)N1CCCN(c2nccs2)CC1)c1ccccc1. The highest BCUT2D eigenvalue weighted by Crippen LogP contribution is 2.20. The zero-order chi connectivity index (χ0) is 16.1. The Kier molecular flexibility index (Phi) is 9.21. The van der Waals surface area contributed by atoms with Crippen LogP contribution in [0.3, 0.4) is 0 Å². The topological polar surface area (TPSA) is 62.5 Å². The standard InChI is InChI=1S/C17H22N4OS.2ClH/c18-15(14-5-2-1-3-6-14)13-16(22)20-8-4-9-21(11-10-20)17-19-7-12-23-17;;/h1-3,5-7,12,15H,4,8-11,13,18H2;2*1H. The van der Waals surface area contributed by atoms with Crippen LogP contribution in [0.5, 0.6) is 0 Å². The van der Waals surface area contributed by atoms with Crippen LogP contribution >= 0.6 is 36.2 Å². The van der Waals surface area contributed by atoms with Gasteiger partial charge in [-0.3, -0.25) is 4.79 Å². The summed E-state index contributed by atoms with van der Waals surface area (Å²) in [5, 5.41) is 3.03. The molecule has 1 unspecified atom stereocenters. The van der Waals surface area contributed by atoms with Gasteiger partial charge in [0.2, 0.25) is 5.91 Å². The van der Waals surface area contributed by atoms with Crippen molar-refractivity contribution in [1.82, 2.24) is 9.88 Å². The Balaban J connectivity index is 0.00000156. The fourth-order valence-electron chi connectivity index (χ4n) is 2.87. The molecule has 1 atom stereocenters. The molecule has 0 aliphatic carbocycles. The van der Waals surface area contributed by atoms with E-state index in [1.165, 1.54) is 0 Å². The lowest BCUT2D eigenvalue weighted by atomic mass is 10.0. The minimum atomic E-state index is -0.234. The molecule has 1 aromatic carbocycles. The highest BCUT2D eigenvalue weighted by molar-refractivity contribution is 7.13. The van der Waals surface area contributed by atoms with Gasteiger partial charge in [-0.2, -0.15) is 0 Å². The van der Waals surface area contributed by atoms with Crippen LogP contribution in [-0.2, 0) is 4.79 Å². The number of nitrogens with two attached hydrogens (primary N) is 1. The molecular formula is C17H24Cl2N4OS. The number of halogens is 2. The number of benzene rings is 1. The molecule has 0 radical (unpaired) electrons. The fourth-order valence-corrected chi connectivity index (χ4v) is 3.56. The summed E-state index contributed by atoms with van der Waals surface area (Å²) in [6.45, 7) is 3.31. The minimum absolute atomic E-state index is 0. The molecule has 2 heterocycles. The van der Waals surface area contributed by atoms with E-state index in [9.17, 15) is 4.79 Å². The summed E-state index contributed by atoms with van der Waals surface area (Å²) >= 11 is 1.65. The molecular weight excluding hydrogens is 379 g/mol. The second-order valence-corrected chi connectivity index (χ2v) is 6.63. The zero-order valence-corrected chi connectivity index (χ0v) is 16.4. The second-order valence-electron chi connectivity index (χ2n) is 5.76. The molecule has 5 nitrogen and oxygen atoms in total. The van der Waals surface area contributed by atoms with E-state index >= 15 is 0 Å². The van der Waals surface area contributed by atoms with Crippen LogP contribution < -0.4 is 10.6 Å². The highest BCUT2D eigenvalue weighted by atomic mass is 35.5. The normalized spacial score (nSPS) is 15.6. The first-order chi connectivity index (χ1) is 11.2. The van der Waals surface area contributed by atoms with Gasteiger partial charge < -0.3 is 15.5 Å². The van der Waals surface area contributed by atoms with Crippen LogP contribution in [-0.4, -0.2) is 42.0 Å². The zero-order valence-electron chi connectivity index (χ0n) is 13.9. The third kappa shape index (κ3) is 5.85. The van der Waals surface area contributed by atoms with E-state index in [1.54, 1.807) is 11.3 Å². The molecule has 138 valence electrons. The molecule has 8 heteroatoms. The number of amides is 1. The summed E-state index contributed by atoms with van der Waals surface area (Å²) in [5.41, 5.74) is 7.19. The van der Waals surface area contributed by atoms with E-state index < -0.39 is 0 Å². The fraction of sp³-hybridized carbons (Fsp3) is 0.412. The van der Waals surface area contributed by atoms with Gasteiger partial charge >= 0.3 is 0 Å². The number of aromatic nitrogens is 1. The van der Waals surface area contributed by atoms with Crippen LogP contribution in [0, 0.1) is 0 Å². The van der Waals surface area contributed by atoms with Crippen LogP contribution in [0.25, 0.3) is 0 Å². The number of hydrogen-bond acceptors (Lipinski definition) is 5. The number of anilines is 1. The van der Waals surface area contributed by atoms with Gasteiger partial charge in [0.1, 0.15) is 0 Å². The highest BCUT2D eigenvalue weighted by Gasteiger charge is 2.22. The van der Waals surface area contributed by atoms with Gasteiger partial charge in [0.15, 0.2) is 5.13 Å². The first-order valence-corrected chi connectivity index (χ1v) is 8.85. The van der Waals surface area contributed by atoms with Crippen molar-refractivity contribution in [3.63, 3.8) is 0 Å². The van der Waals surface area contributed by atoms with E-state index in [1.807, 2.05) is 46.8 Å². The van der Waals surface area contributed by atoms with Crippen LogP contribution in [0.2, 0.25) is 0 Å². The Morgan fingerprint density at radius 3 is 2.60 bits per heavy atom. The maximum Gasteiger partial charge on any atom is 0.224 e. The molecule has 2 N–H and O–H groups in total. The van der Waals surface area contributed by atoms with Crippen molar-refractivity contribution in [1.29, 1.82) is 0 Å². The van der Waals surface area contributed by atoms with E-state index in [0.29, 0.717) is 6.42 Å². The van der Waals surface area contributed by atoms with Crippen molar-refractivity contribution in [3.8, 4) is 0 Å². The summed E-state index contributed by atoms with van der Waals surface area (Å²) in [4.78, 5) is 21.1. The van der Waals surface area contributed by atoms with Gasteiger partial charge in [0, 0.05) is 50.2 Å². The molecule has 1 fully saturated rings. The lowest BCUT2D eigenvalue weighted by molar-refractivity contribution is -0.131. The molecule has 1 saturated heterocycles. The number of rotatable bonds is 4. The molecule has 1 amide bonds. The van der Waals surface area contributed by atoms with Crippen LogP contribution in [0.4, 0.5) is 5.13 Å². The molecule has 25 heavy (non-hydrogen) atoms. The second kappa shape index (κ2) is 10.6. The summed E-state index contributed by atoms with van der Waals surface area (Å²) in [7, 11) is 0. The number of carbonyl (C=O) groups excluding carboxylic acids is 1. The Labute approximate surface area is 165 Å². The molecule has 1 aromatic heterocycles. The Hall–Kier alpha value is -1.34. The predicted molar refractivity (Wildman–Crippen MR) is 108 cm³/mol. The number of nitrogens with zero attached hydrogens (tertiary/aromatic N) is 3. The van der Waals surface area contributed by atoms with Crippen molar-refractivity contribution in [3.05, 3.63) is 47.5 Å². The first-order valence-electron chi connectivity index (χ1n) is 7.97. The molecule has 2 aromatic rings. The van der Waals surface area contributed by atoms with Gasteiger partial charge in [0.25, 0.3) is 0 Å². The third-order valence-corrected chi connectivity index (χ3v) is 4.99. The third-order valence-electron chi connectivity index (χ3n) is 4.16. The summed E-state index contributed by atoms with van der Waals surface area (Å²) < 4.78 is 0. The summed E-state index contributed by atoms with van der Waals surface area (Å²) in [6, 6.07) is 9.59. The number of hydrogen-bond donors (Lipinski definition) is 1. The van der Waals surface area contributed by atoms with Gasteiger partial charge in [-0.25, -0.2) is 4.98 Å². The largest absolute Gasteiger partial charge is 0.346 e. The summed E-state index contributed by atoms with van der Waals surface area (Å²) in [6.07, 6.45) is 3.15. The quantitative estimate of drug-likeness (QED) is 0.852. The van der Waals surface area contributed by atoms with E-state index in [2.05, 4.69) is 9.88 Å². The van der Waals surface area contributed by atoms with Crippen molar-refractivity contribution in [2.75, 3.05) is 31.1 Å². The molecule has 0 saturated carbocycles. The van der Waals surface area contributed by atoms with E-state index in [0.717, 1.165) is 43.3 Å². The van der Waals surface area contributed by atoms with Crippen molar-refractivity contribution in [2.24, 2.45) is 5.73 Å². The monoisotopic (exact) mass is 402 g/mol. The lowest BCUT2D eigenvalue weighted by Crippen LogP contribution is -2.36. The molecule has 1 aliphatic heterocycles. The van der Waals surface area contributed by atoms with Crippen molar-refractivity contribution < 1.29 is 4.79 Å². The average Bonchev–Trinajstić information content (AvgIpc) is 3.00. The summed E-state index contributed by atoms with van der Waals surface area (Å²) in [5.74, 6) is 0.141. The predicted octanol–water partition coefficient (Wildman–Crippen LogP) is 3.12. The van der Waals surface area contributed by atoms with Crippen LogP contribution in [0.15, 0.2) is 41.9 Å². The average molecular weight is 403 g/mol. The Morgan fingerprint density at radius 1 is 1.16 bits per heavy atom. The molecule has 1 aliphatic rings. The van der Waals surface area contributed by atoms with Crippen molar-refractivity contribution in [2.45, 2.75) is 18.9 Å². The molecule has 3 rings (SSSR count). The van der Waals surface area contributed by atoms with Gasteiger partial charge in [0.05, 0.1) is 0 Å². The minimum Gasteiger partial charge on any atom is -0.346 e. The first kappa shape index (κ1) is 21.7. The van der Waals surface area contributed by atoms with Gasteiger partial charge in [-0.15, -0.1) is 36.2 Å². The Bertz CT molecular complexity index is 627. The van der Waals surface area contributed by atoms with Crippen LogP contribution in [0.1, 0.15) is 24.4 Å². The maximum absolute atomic E-state index is 12.5. The van der Waals surface area contributed by atoms with Gasteiger partial charge in [-0.1, -0.05) is 30.3 Å². The van der Waals surface area contributed by atoms with E-state index in [-0.39, 0.29) is 36.8 Å². The molecule has 0 spiro atoms.